The average molecular weight is 377 g/mol. The number of carbonyl (C=O) groups excluding carboxylic acids is 2. The molecule has 0 aromatic heterocycles. The van der Waals surface area contributed by atoms with Gasteiger partial charge in [-0.2, -0.15) is 0 Å². The maximum absolute atomic E-state index is 13.3. The van der Waals surface area contributed by atoms with Crippen LogP contribution < -0.4 is 0 Å². The van der Waals surface area contributed by atoms with Gasteiger partial charge in [0.2, 0.25) is 5.91 Å². The third kappa shape index (κ3) is 3.12. The largest absolute Gasteiger partial charge is 0.368 e. The quantitative estimate of drug-likeness (QED) is 0.814. The highest BCUT2D eigenvalue weighted by Crippen LogP contribution is 2.45. The molecule has 0 spiro atoms. The zero-order valence-electron chi connectivity index (χ0n) is 15.0. The molecule has 2 heterocycles. The van der Waals surface area contributed by atoms with E-state index < -0.39 is 5.41 Å². The van der Waals surface area contributed by atoms with Crippen LogP contribution in [0.3, 0.4) is 0 Å². The summed E-state index contributed by atoms with van der Waals surface area (Å²) in [7, 11) is 0. The van der Waals surface area contributed by atoms with E-state index in [4.69, 9.17) is 16.3 Å². The summed E-state index contributed by atoms with van der Waals surface area (Å²) in [6.07, 6.45) is 4.36. The molecule has 2 aliphatic heterocycles. The van der Waals surface area contributed by atoms with Crippen LogP contribution in [-0.2, 0) is 19.7 Å². The second-order valence-electron chi connectivity index (χ2n) is 7.56. The number of amides is 2. The van der Waals surface area contributed by atoms with Gasteiger partial charge in [-0.25, -0.2) is 0 Å². The first-order chi connectivity index (χ1) is 12.6. The Balaban J connectivity index is 1.41. The standard InChI is InChI=1S/C20H25ClN2O3/c21-16-6-4-15(5-7-16)20(8-2-9-20)19(25)23-12-10-22(11-13-23)18(24)17-3-1-14-26-17/h4-7,17H,1-3,8-14H2. The maximum Gasteiger partial charge on any atom is 0.251 e. The summed E-state index contributed by atoms with van der Waals surface area (Å²) in [5, 5.41) is 0.692. The number of rotatable bonds is 3. The molecule has 0 N–H and O–H groups in total. The molecule has 2 amide bonds. The minimum Gasteiger partial charge on any atom is -0.368 e. The fraction of sp³-hybridized carbons (Fsp3) is 0.600. The summed E-state index contributed by atoms with van der Waals surface area (Å²) in [6, 6.07) is 7.69. The van der Waals surface area contributed by atoms with Crippen LogP contribution >= 0.6 is 11.6 Å². The van der Waals surface area contributed by atoms with Crippen LogP contribution in [0.15, 0.2) is 24.3 Å². The molecule has 6 heteroatoms. The van der Waals surface area contributed by atoms with Crippen molar-refractivity contribution in [3.63, 3.8) is 0 Å². The van der Waals surface area contributed by atoms with Crippen molar-refractivity contribution in [2.75, 3.05) is 32.8 Å². The topological polar surface area (TPSA) is 49.9 Å². The molecule has 1 aliphatic carbocycles. The van der Waals surface area contributed by atoms with Crippen molar-refractivity contribution in [3.8, 4) is 0 Å². The smallest absolute Gasteiger partial charge is 0.251 e. The van der Waals surface area contributed by atoms with Gasteiger partial charge >= 0.3 is 0 Å². The monoisotopic (exact) mass is 376 g/mol. The van der Waals surface area contributed by atoms with Crippen molar-refractivity contribution in [2.45, 2.75) is 43.6 Å². The number of carbonyl (C=O) groups is 2. The molecule has 1 saturated carbocycles. The summed E-state index contributed by atoms with van der Waals surface area (Å²) < 4.78 is 5.51. The molecule has 3 fully saturated rings. The lowest BCUT2D eigenvalue weighted by atomic mass is 9.63. The number of ether oxygens (including phenoxy) is 1. The van der Waals surface area contributed by atoms with E-state index in [2.05, 4.69) is 0 Å². The lowest BCUT2D eigenvalue weighted by Gasteiger charge is -2.46. The van der Waals surface area contributed by atoms with Gasteiger partial charge in [-0.1, -0.05) is 30.2 Å². The molecular weight excluding hydrogens is 352 g/mol. The summed E-state index contributed by atoms with van der Waals surface area (Å²) >= 11 is 6.01. The molecule has 4 rings (SSSR count). The van der Waals surface area contributed by atoms with Crippen molar-refractivity contribution in [2.24, 2.45) is 0 Å². The highest BCUT2D eigenvalue weighted by atomic mass is 35.5. The molecule has 2 saturated heterocycles. The zero-order valence-corrected chi connectivity index (χ0v) is 15.7. The average Bonchev–Trinajstić information content (AvgIpc) is 3.16. The van der Waals surface area contributed by atoms with Crippen molar-refractivity contribution in [3.05, 3.63) is 34.9 Å². The lowest BCUT2D eigenvalue weighted by Crippen LogP contribution is -2.58. The molecule has 3 aliphatic rings. The number of halogens is 1. The van der Waals surface area contributed by atoms with Crippen molar-refractivity contribution < 1.29 is 14.3 Å². The Morgan fingerprint density at radius 3 is 2.19 bits per heavy atom. The molecule has 1 aromatic carbocycles. The summed E-state index contributed by atoms with van der Waals surface area (Å²) in [5.41, 5.74) is 0.668. The Morgan fingerprint density at radius 1 is 1.00 bits per heavy atom. The number of benzene rings is 1. The van der Waals surface area contributed by atoms with Gasteiger partial charge in [0.05, 0.1) is 5.41 Å². The molecular formula is C20H25ClN2O3. The third-order valence-corrected chi connectivity index (χ3v) is 6.35. The van der Waals surface area contributed by atoms with Gasteiger partial charge < -0.3 is 14.5 Å². The first-order valence-corrected chi connectivity index (χ1v) is 9.94. The first-order valence-electron chi connectivity index (χ1n) is 9.56. The van der Waals surface area contributed by atoms with E-state index in [0.717, 1.165) is 37.7 Å². The van der Waals surface area contributed by atoms with E-state index >= 15 is 0 Å². The van der Waals surface area contributed by atoms with Crippen LogP contribution in [0, 0.1) is 0 Å². The van der Waals surface area contributed by atoms with Gasteiger partial charge in [0.15, 0.2) is 0 Å². The van der Waals surface area contributed by atoms with Gasteiger partial charge in [-0.3, -0.25) is 9.59 Å². The minimum absolute atomic E-state index is 0.0886. The summed E-state index contributed by atoms with van der Waals surface area (Å²) in [5.74, 6) is 0.293. The lowest BCUT2D eigenvalue weighted by molar-refractivity contribution is -0.149. The fourth-order valence-corrected chi connectivity index (χ4v) is 4.46. The van der Waals surface area contributed by atoms with E-state index in [-0.39, 0.29) is 17.9 Å². The van der Waals surface area contributed by atoms with E-state index in [1.807, 2.05) is 34.1 Å². The zero-order chi connectivity index (χ0) is 18.1. The number of hydrogen-bond donors (Lipinski definition) is 0. The molecule has 1 atom stereocenters. The predicted molar refractivity (Wildman–Crippen MR) is 99.1 cm³/mol. The fourth-order valence-electron chi connectivity index (χ4n) is 4.33. The van der Waals surface area contributed by atoms with Crippen LogP contribution in [-0.4, -0.2) is 60.5 Å². The molecule has 1 aromatic rings. The number of hydrogen-bond acceptors (Lipinski definition) is 3. The van der Waals surface area contributed by atoms with Crippen molar-refractivity contribution in [1.82, 2.24) is 9.80 Å². The van der Waals surface area contributed by atoms with Crippen LogP contribution in [0.4, 0.5) is 0 Å². The normalized spacial score (nSPS) is 25.0. The number of nitrogens with zero attached hydrogens (tertiary/aromatic N) is 2. The van der Waals surface area contributed by atoms with E-state index in [9.17, 15) is 9.59 Å². The van der Waals surface area contributed by atoms with Crippen LogP contribution in [0.2, 0.25) is 5.02 Å². The van der Waals surface area contributed by atoms with Gasteiger partial charge in [0, 0.05) is 37.8 Å². The predicted octanol–water partition coefficient (Wildman–Crippen LogP) is 2.61. The van der Waals surface area contributed by atoms with E-state index in [1.165, 1.54) is 0 Å². The Kier molecular flexibility index (Phi) is 4.93. The molecule has 1 unspecified atom stereocenters. The van der Waals surface area contributed by atoms with Gasteiger partial charge in [-0.05, 0) is 43.4 Å². The maximum atomic E-state index is 13.3. The van der Waals surface area contributed by atoms with E-state index in [1.54, 1.807) is 0 Å². The SMILES string of the molecule is O=C(C1CCCO1)N1CCN(C(=O)C2(c3ccc(Cl)cc3)CCC2)CC1. The Hall–Kier alpha value is -1.59. The van der Waals surface area contributed by atoms with Gasteiger partial charge in [0.25, 0.3) is 5.91 Å². The van der Waals surface area contributed by atoms with Gasteiger partial charge in [-0.15, -0.1) is 0 Å². The Bertz CT molecular complexity index is 673. The summed E-state index contributed by atoms with van der Waals surface area (Å²) in [6.45, 7) is 3.08. The highest BCUT2D eigenvalue weighted by Gasteiger charge is 2.48. The van der Waals surface area contributed by atoms with Crippen molar-refractivity contribution >= 4 is 23.4 Å². The van der Waals surface area contributed by atoms with Gasteiger partial charge in [0.1, 0.15) is 6.10 Å². The van der Waals surface area contributed by atoms with Crippen LogP contribution in [0.5, 0.6) is 0 Å². The molecule has 140 valence electrons. The van der Waals surface area contributed by atoms with Crippen LogP contribution in [0.1, 0.15) is 37.7 Å². The second-order valence-corrected chi connectivity index (χ2v) is 8.00. The minimum atomic E-state index is -0.397. The first kappa shape index (κ1) is 17.8. The third-order valence-electron chi connectivity index (χ3n) is 6.10. The summed E-state index contributed by atoms with van der Waals surface area (Å²) in [4.78, 5) is 29.6. The molecule has 5 nitrogen and oxygen atoms in total. The molecule has 0 bridgehead atoms. The van der Waals surface area contributed by atoms with E-state index in [0.29, 0.717) is 37.8 Å². The molecule has 26 heavy (non-hydrogen) atoms. The molecule has 0 radical (unpaired) electrons. The highest BCUT2D eigenvalue weighted by molar-refractivity contribution is 6.30. The Morgan fingerprint density at radius 2 is 1.65 bits per heavy atom. The second kappa shape index (κ2) is 7.20. The van der Waals surface area contributed by atoms with Crippen LogP contribution in [0.25, 0.3) is 0 Å². The van der Waals surface area contributed by atoms with Crippen molar-refractivity contribution in [1.29, 1.82) is 0 Å². The number of piperazine rings is 1. The Labute approximate surface area is 159 Å².